The molecule has 0 aliphatic carbocycles. The summed E-state index contributed by atoms with van der Waals surface area (Å²) in [6.07, 6.45) is -2.97. The number of halogens is 3. The molecule has 1 heterocycles. The van der Waals surface area contributed by atoms with Crippen molar-refractivity contribution in [2.45, 2.75) is 32.4 Å². The summed E-state index contributed by atoms with van der Waals surface area (Å²) >= 11 is 0. The van der Waals surface area contributed by atoms with Crippen molar-refractivity contribution in [1.82, 2.24) is 4.90 Å². The van der Waals surface area contributed by atoms with Crippen LogP contribution in [-0.4, -0.2) is 41.3 Å². The number of hydrogen-bond acceptors (Lipinski definition) is 5. The Balaban J connectivity index is 1.66. The van der Waals surface area contributed by atoms with Crippen LogP contribution in [0.1, 0.15) is 40.7 Å². The highest BCUT2D eigenvalue weighted by Crippen LogP contribution is 2.35. The molecule has 2 aromatic rings. The second kappa shape index (κ2) is 9.88. The van der Waals surface area contributed by atoms with Crippen LogP contribution in [0.4, 0.5) is 30.2 Å². The van der Waals surface area contributed by atoms with Gasteiger partial charge in [0.1, 0.15) is 5.69 Å². The minimum absolute atomic E-state index is 0.0563. The lowest BCUT2D eigenvalue weighted by molar-refractivity contribution is -0.384. The molecule has 2 amide bonds. The number of benzene rings is 2. The normalized spacial score (nSPS) is 13.6. The van der Waals surface area contributed by atoms with Gasteiger partial charge in [0.25, 0.3) is 11.6 Å². The number of carbonyl (C=O) groups excluding carboxylic acids is 2. The molecule has 0 spiro atoms. The summed E-state index contributed by atoms with van der Waals surface area (Å²) in [6, 6.07) is 7.28. The molecule has 8 nitrogen and oxygen atoms in total. The molecule has 176 valence electrons. The third-order valence-corrected chi connectivity index (χ3v) is 5.34. The molecule has 0 aromatic heterocycles. The topological polar surface area (TPSA) is 105 Å². The summed E-state index contributed by atoms with van der Waals surface area (Å²) < 4.78 is 38.5. The van der Waals surface area contributed by atoms with Crippen molar-refractivity contribution in [2.24, 2.45) is 0 Å². The first-order chi connectivity index (χ1) is 15.6. The second-order valence-corrected chi connectivity index (χ2v) is 7.71. The van der Waals surface area contributed by atoms with Crippen molar-refractivity contribution in [3.63, 3.8) is 0 Å². The monoisotopic (exact) mass is 464 g/mol. The highest BCUT2D eigenvalue weighted by atomic mass is 19.4. The first kappa shape index (κ1) is 24.0. The molecular weight excluding hydrogens is 441 g/mol. The average Bonchev–Trinajstić information content (AvgIpc) is 3.28. The Bertz CT molecular complexity index is 1070. The summed E-state index contributed by atoms with van der Waals surface area (Å²) in [5.41, 5.74) is -0.476. The quantitative estimate of drug-likeness (QED) is 0.460. The summed E-state index contributed by atoms with van der Waals surface area (Å²) in [5.74, 6) is -0.599. The Kier molecular flexibility index (Phi) is 7.19. The van der Waals surface area contributed by atoms with E-state index >= 15 is 0 Å². The van der Waals surface area contributed by atoms with E-state index < -0.39 is 28.3 Å². The van der Waals surface area contributed by atoms with E-state index in [2.05, 4.69) is 10.6 Å². The van der Waals surface area contributed by atoms with E-state index in [-0.39, 0.29) is 24.6 Å². The number of nitrogens with zero attached hydrogens (tertiary/aromatic N) is 2. The maximum atomic E-state index is 12.9. The highest BCUT2D eigenvalue weighted by molar-refractivity contribution is 6.05. The van der Waals surface area contributed by atoms with Gasteiger partial charge in [-0.15, -0.1) is 0 Å². The number of hydrogen-bond donors (Lipinski definition) is 2. The van der Waals surface area contributed by atoms with Crippen molar-refractivity contribution in [1.29, 1.82) is 0 Å². The van der Waals surface area contributed by atoms with Crippen LogP contribution >= 0.6 is 0 Å². The van der Waals surface area contributed by atoms with E-state index in [0.29, 0.717) is 30.4 Å². The van der Waals surface area contributed by atoms with Crippen molar-refractivity contribution >= 4 is 28.9 Å². The fourth-order valence-electron chi connectivity index (χ4n) is 3.67. The second-order valence-electron chi connectivity index (χ2n) is 7.71. The van der Waals surface area contributed by atoms with Crippen molar-refractivity contribution in [3.05, 3.63) is 63.2 Å². The molecule has 0 atom stereocenters. The number of likely N-dealkylation sites (tertiary alicyclic amines) is 1. The van der Waals surface area contributed by atoms with Gasteiger partial charge in [-0.05, 0) is 43.5 Å². The number of nitro groups is 1. The fraction of sp³-hybridized carbons (Fsp3) is 0.364. The van der Waals surface area contributed by atoms with Gasteiger partial charge in [0.2, 0.25) is 5.91 Å². The predicted molar refractivity (Wildman–Crippen MR) is 116 cm³/mol. The SMILES string of the molecule is Cc1cccc(NC(=O)CCNc2ccc(C(F)(F)F)cc2[N+](=O)[O-])c1C(=O)N1CCCC1. The van der Waals surface area contributed by atoms with Crippen LogP contribution in [0.15, 0.2) is 36.4 Å². The Labute approximate surface area is 187 Å². The van der Waals surface area contributed by atoms with Gasteiger partial charge in [-0.3, -0.25) is 19.7 Å². The first-order valence-corrected chi connectivity index (χ1v) is 10.4. The number of amides is 2. The van der Waals surface area contributed by atoms with Crippen LogP contribution in [0.2, 0.25) is 0 Å². The lowest BCUT2D eigenvalue weighted by Crippen LogP contribution is -2.29. The predicted octanol–water partition coefficient (Wildman–Crippen LogP) is 4.60. The Morgan fingerprint density at radius 3 is 2.45 bits per heavy atom. The van der Waals surface area contributed by atoms with E-state index in [1.165, 1.54) is 0 Å². The number of anilines is 2. The van der Waals surface area contributed by atoms with Gasteiger partial charge in [-0.2, -0.15) is 13.2 Å². The smallest absolute Gasteiger partial charge is 0.379 e. The molecule has 0 saturated carbocycles. The minimum Gasteiger partial charge on any atom is -0.379 e. The standard InChI is InChI=1S/C22H23F3N4O4/c1-14-5-4-6-17(20(14)21(31)28-11-2-3-12-28)27-19(30)9-10-26-16-8-7-15(22(23,24)25)13-18(16)29(32)33/h4-8,13,26H,2-3,9-12H2,1H3,(H,27,30). The van der Waals surface area contributed by atoms with Crippen LogP contribution in [0.25, 0.3) is 0 Å². The van der Waals surface area contributed by atoms with Gasteiger partial charge in [-0.25, -0.2) is 0 Å². The molecule has 2 N–H and O–H groups in total. The number of carbonyl (C=O) groups is 2. The summed E-state index contributed by atoms with van der Waals surface area (Å²) in [5, 5.41) is 16.5. The van der Waals surface area contributed by atoms with E-state index in [0.717, 1.165) is 30.5 Å². The van der Waals surface area contributed by atoms with Crippen LogP contribution in [0, 0.1) is 17.0 Å². The molecule has 0 radical (unpaired) electrons. The minimum atomic E-state index is -4.71. The molecule has 1 aliphatic heterocycles. The highest BCUT2D eigenvalue weighted by Gasteiger charge is 2.33. The first-order valence-electron chi connectivity index (χ1n) is 10.4. The molecule has 0 bridgehead atoms. The maximum absolute atomic E-state index is 12.9. The van der Waals surface area contributed by atoms with Gasteiger partial charge in [0.15, 0.2) is 0 Å². The molecule has 2 aromatic carbocycles. The number of rotatable bonds is 7. The van der Waals surface area contributed by atoms with E-state index in [9.17, 15) is 32.9 Å². The molecule has 1 fully saturated rings. The molecule has 1 saturated heterocycles. The van der Waals surface area contributed by atoms with Gasteiger partial charge in [0.05, 0.1) is 21.7 Å². The van der Waals surface area contributed by atoms with Crippen LogP contribution in [0.3, 0.4) is 0 Å². The maximum Gasteiger partial charge on any atom is 0.416 e. The van der Waals surface area contributed by atoms with Gasteiger partial charge in [0, 0.05) is 32.1 Å². The average molecular weight is 464 g/mol. The summed E-state index contributed by atoms with van der Waals surface area (Å²) in [7, 11) is 0. The number of aryl methyl sites for hydroxylation is 1. The van der Waals surface area contributed by atoms with Gasteiger partial charge >= 0.3 is 6.18 Å². The Hall–Kier alpha value is -3.63. The van der Waals surface area contributed by atoms with Crippen molar-refractivity contribution < 1.29 is 27.7 Å². The van der Waals surface area contributed by atoms with Crippen LogP contribution in [0.5, 0.6) is 0 Å². The molecule has 0 unspecified atom stereocenters. The Morgan fingerprint density at radius 1 is 1.12 bits per heavy atom. The molecular formula is C22H23F3N4O4. The molecule has 3 rings (SSSR count). The zero-order chi connectivity index (χ0) is 24.2. The summed E-state index contributed by atoms with van der Waals surface area (Å²) in [4.78, 5) is 37.3. The molecule has 33 heavy (non-hydrogen) atoms. The third-order valence-electron chi connectivity index (χ3n) is 5.34. The fourth-order valence-corrected chi connectivity index (χ4v) is 3.67. The van der Waals surface area contributed by atoms with E-state index in [1.807, 2.05) is 0 Å². The zero-order valence-electron chi connectivity index (χ0n) is 17.9. The zero-order valence-corrected chi connectivity index (χ0v) is 17.9. The lowest BCUT2D eigenvalue weighted by atomic mass is 10.0. The van der Waals surface area contributed by atoms with E-state index in [4.69, 9.17) is 0 Å². The van der Waals surface area contributed by atoms with Crippen molar-refractivity contribution in [2.75, 3.05) is 30.3 Å². The van der Waals surface area contributed by atoms with E-state index in [1.54, 1.807) is 30.0 Å². The molecule has 1 aliphatic rings. The number of nitro benzene ring substituents is 1. The number of alkyl halides is 3. The lowest BCUT2D eigenvalue weighted by Gasteiger charge is -2.19. The summed E-state index contributed by atoms with van der Waals surface area (Å²) in [6.45, 7) is 3.05. The van der Waals surface area contributed by atoms with Crippen molar-refractivity contribution in [3.8, 4) is 0 Å². The third kappa shape index (κ3) is 5.79. The largest absolute Gasteiger partial charge is 0.416 e. The Morgan fingerprint density at radius 2 is 1.82 bits per heavy atom. The van der Waals surface area contributed by atoms with Gasteiger partial charge < -0.3 is 15.5 Å². The van der Waals surface area contributed by atoms with Crippen LogP contribution < -0.4 is 10.6 Å². The van der Waals surface area contributed by atoms with Gasteiger partial charge in [-0.1, -0.05) is 12.1 Å². The molecule has 11 heteroatoms. The van der Waals surface area contributed by atoms with Crippen LogP contribution in [-0.2, 0) is 11.0 Å². The number of nitrogens with one attached hydrogen (secondary N) is 2.